The number of hydroxylamine groups is 2. The first-order chi connectivity index (χ1) is 10.7. The van der Waals surface area contributed by atoms with E-state index in [9.17, 15) is 19.6 Å². The summed E-state index contributed by atoms with van der Waals surface area (Å²) in [5.41, 5.74) is 0.441. The van der Waals surface area contributed by atoms with Crippen LogP contribution in [0.3, 0.4) is 0 Å². The van der Waals surface area contributed by atoms with Crippen LogP contribution >= 0.6 is 11.8 Å². The van der Waals surface area contributed by atoms with E-state index < -0.39 is 11.9 Å². The lowest BCUT2D eigenvalue weighted by Crippen LogP contribution is -2.40. The van der Waals surface area contributed by atoms with Crippen LogP contribution in [0.25, 0.3) is 0 Å². The lowest BCUT2D eigenvalue weighted by atomic mass is 10.2. The fraction of sp³-hybridized carbons (Fsp3) is 0.688. The summed E-state index contributed by atoms with van der Waals surface area (Å²) in [5, 5.41) is 12.4. The predicted molar refractivity (Wildman–Crippen MR) is 91.9 cm³/mol. The maximum absolute atomic E-state index is 12.1. The van der Waals surface area contributed by atoms with Crippen molar-refractivity contribution >= 4 is 28.7 Å². The molecule has 2 N–H and O–H groups in total. The number of thioether (sulfide) groups is 1. The van der Waals surface area contributed by atoms with Gasteiger partial charge in [0.05, 0.1) is 11.4 Å². The van der Waals surface area contributed by atoms with Crippen molar-refractivity contribution in [1.29, 1.82) is 0 Å². The Morgan fingerprint density at radius 2 is 1.87 bits per heavy atom. The van der Waals surface area contributed by atoms with Crippen molar-refractivity contribution in [3.05, 3.63) is 12.2 Å². The molecule has 132 valence electrons. The first-order valence-corrected chi connectivity index (χ1v) is 8.71. The summed E-state index contributed by atoms with van der Waals surface area (Å²) in [6.45, 7) is 10.1. The topological polar surface area (TPSA) is 86.7 Å². The van der Waals surface area contributed by atoms with Crippen LogP contribution in [-0.2, 0) is 14.4 Å². The SMILES string of the molecule is C=C(C)C(=O)SC(CCCCC)NC(=O)CC(C)N(O)C(C)=O. The van der Waals surface area contributed by atoms with Gasteiger partial charge in [-0.1, -0.05) is 44.5 Å². The van der Waals surface area contributed by atoms with Crippen molar-refractivity contribution in [2.45, 2.75) is 71.2 Å². The number of nitrogens with one attached hydrogen (secondary N) is 1. The summed E-state index contributed by atoms with van der Waals surface area (Å²) < 4.78 is 0. The molecule has 0 aromatic rings. The fourth-order valence-electron chi connectivity index (χ4n) is 1.87. The largest absolute Gasteiger partial charge is 0.344 e. The molecule has 0 aliphatic heterocycles. The number of nitrogens with zero attached hydrogens (tertiary/aromatic N) is 1. The molecule has 23 heavy (non-hydrogen) atoms. The highest BCUT2D eigenvalue weighted by Crippen LogP contribution is 2.20. The first kappa shape index (κ1) is 21.7. The van der Waals surface area contributed by atoms with Crippen molar-refractivity contribution in [2.24, 2.45) is 0 Å². The molecule has 2 atom stereocenters. The zero-order valence-corrected chi connectivity index (χ0v) is 15.2. The molecular formula is C16H28N2O4S. The van der Waals surface area contributed by atoms with Crippen molar-refractivity contribution in [1.82, 2.24) is 10.4 Å². The third-order valence-corrected chi connectivity index (χ3v) is 4.41. The lowest BCUT2D eigenvalue weighted by Gasteiger charge is -2.22. The zero-order chi connectivity index (χ0) is 18.0. The second kappa shape index (κ2) is 11.2. The smallest absolute Gasteiger partial charge is 0.243 e. The molecule has 0 aromatic carbocycles. The van der Waals surface area contributed by atoms with E-state index in [-0.39, 0.29) is 22.8 Å². The number of hydrogen-bond acceptors (Lipinski definition) is 5. The average Bonchev–Trinajstić information content (AvgIpc) is 2.45. The summed E-state index contributed by atoms with van der Waals surface area (Å²) in [5.74, 6) is -0.821. The molecule has 0 fully saturated rings. The summed E-state index contributed by atoms with van der Waals surface area (Å²) >= 11 is 1.06. The number of hydrogen-bond donors (Lipinski definition) is 2. The lowest BCUT2D eigenvalue weighted by molar-refractivity contribution is -0.172. The van der Waals surface area contributed by atoms with E-state index in [1.807, 2.05) is 0 Å². The molecule has 0 saturated carbocycles. The highest BCUT2D eigenvalue weighted by molar-refractivity contribution is 8.14. The Morgan fingerprint density at radius 1 is 1.26 bits per heavy atom. The van der Waals surface area contributed by atoms with Crippen LogP contribution < -0.4 is 5.32 Å². The Bertz CT molecular complexity index is 440. The third-order valence-electron chi connectivity index (χ3n) is 3.21. The van der Waals surface area contributed by atoms with Crippen molar-refractivity contribution < 1.29 is 19.6 Å². The third kappa shape index (κ3) is 9.40. The maximum Gasteiger partial charge on any atom is 0.243 e. The summed E-state index contributed by atoms with van der Waals surface area (Å²) in [7, 11) is 0. The van der Waals surface area contributed by atoms with Gasteiger partial charge >= 0.3 is 0 Å². The van der Waals surface area contributed by atoms with Crippen LogP contribution in [-0.4, -0.2) is 38.6 Å². The number of amides is 2. The van der Waals surface area contributed by atoms with Crippen LogP contribution in [0.15, 0.2) is 12.2 Å². The van der Waals surface area contributed by atoms with Crippen LogP contribution in [0.5, 0.6) is 0 Å². The molecule has 0 aliphatic rings. The van der Waals surface area contributed by atoms with Gasteiger partial charge < -0.3 is 5.32 Å². The molecular weight excluding hydrogens is 316 g/mol. The fourth-order valence-corrected chi connectivity index (χ4v) is 2.81. The molecule has 0 heterocycles. The summed E-state index contributed by atoms with van der Waals surface area (Å²) in [6, 6.07) is -0.620. The number of carbonyl (C=O) groups is 3. The van der Waals surface area contributed by atoms with E-state index in [0.29, 0.717) is 17.1 Å². The zero-order valence-electron chi connectivity index (χ0n) is 14.4. The van der Waals surface area contributed by atoms with Gasteiger partial charge in [0.2, 0.25) is 16.9 Å². The average molecular weight is 344 g/mol. The van der Waals surface area contributed by atoms with Crippen LogP contribution in [0.4, 0.5) is 0 Å². The van der Waals surface area contributed by atoms with E-state index in [0.717, 1.165) is 31.0 Å². The van der Waals surface area contributed by atoms with Gasteiger partial charge in [0, 0.05) is 13.3 Å². The normalized spacial score (nSPS) is 13.1. The Balaban J connectivity index is 4.60. The van der Waals surface area contributed by atoms with Gasteiger partial charge in [0.25, 0.3) is 0 Å². The molecule has 0 aliphatic carbocycles. The first-order valence-electron chi connectivity index (χ1n) is 7.83. The number of unbranched alkanes of at least 4 members (excludes halogenated alkanes) is 2. The Hall–Kier alpha value is -1.34. The van der Waals surface area contributed by atoms with Gasteiger partial charge in [-0.05, 0) is 25.8 Å². The minimum atomic E-state index is -0.620. The molecule has 7 heteroatoms. The van der Waals surface area contributed by atoms with Crippen molar-refractivity contribution in [3.8, 4) is 0 Å². The monoisotopic (exact) mass is 344 g/mol. The Labute approximate surface area is 142 Å². The van der Waals surface area contributed by atoms with E-state index in [2.05, 4.69) is 18.8 Å². The van der Waals surface area contributed by atoms with Crippen LogP contribution in [0.2, 0.25) is 0 Å². The molecule has 2 unspecified atom stereocenters. The second-order valence-electron chi connectivity index (χ2n) is 5.65. The van der Waals surface area contributed by atoms with E-state index in [1.165, 1.54) is 6.92 Å². The van der Waals surface area contributed by atoms with Crippen molar-refractivity contribution in [3.63, 3.8) is 0 Å². The standard InChI is InChI=1S/C16H28N2O4S/c1-6-7-8-9-15(23-16(21)11(2)3)17-14(20)10-12(4)18(22)13(5)19/h12,15,22H,2,6-10H2,1,3-5H3,(H,17,20). The highest BCUT2D eigenvalue weighted by Gasteiger charge is 2.21. The van der Waals surface area contributed by atoms with E-state index in [4.69, 9.17) is 0 Å². The van der Waals surface area contributed by atoms with Crippen LogP contribution in [0, 0.1) is 0 Å². The Kier molecular flexibility index (Phi) is 10.6. The highest BCUT2D eigenvalue weighted by atomic mass is 32.2. The molecule has 0 saturated heterocycles. The van der Waals surface area contributed by atoms with Gasteiger partial charge in [-0.2, -0.15) is 0 Å². The van der Waals surface area contributed by atoms with E-state index in [1.54, 1.807) is 13.8 Å². The van der Waals surface area contributed by atoms with Gasteiger partial charge in [0.15, 0.2) is 0 Å². The van der Waals surface area contributed by atoms with Gasteiger partial charge in [-0.25, -0.2) is 5.06 Å². The van der Waals surface area contributed by atoms with Gasteiger partial charge in [-0.15, -0.1) is 0 Å². The van der Waals surface area contributed by atoms with Gasteiger partial charge in [0.1, 0.15) is 0 Å². The molecule has 0 rings (SSSR count). The van der Waals surface area contributed by atoms with Crippen LogP contribution in [0.1, 0.15) is 59.8 Å². The summed E-state index contributed by atoms with van der Waals surface area (Å²) in [4.78, 5) is 34.9. The molecule has 0 bridgehead atoms. The summed E-state index contributed by atoms with van der Waals surface area (Å²) in [6.07, 6.45) is 3.65. The Morgan fingerprint density at radius 3 is 2.35 bits per heavy atom. The van der Waals surface area contributed by atoms with E-state index >= 15 is 0 Å². The number of carbonyl (C=O) groups excluding carboxylic acids is 3. The van der Waals surface area contributed by atoms with Gasteiger partial charge in [-0.3, -0.25) is 19.6 Å². The predicted octanol–water partition coefficient (Wildman–Crippen LogP) is 2.86. The van der Waals surface area contributed by atoms with Crippen molar-refractivity contribution in [2.75, 3.05) is 0 Å². The molecule has 0 spiro atoms. The molecule has 6 nitrogen and oxygen atoms in total. The minimum absolute atomic E-state index is 0.0256. The molecule has 2 amide bonds. The maximum atomic E-state index is 12.1. The minimum Gasteiger partial charge on any atom is -0.344 e. The molecule has 0 radical (unpaired) electrons. The molecule has 0 aromatic heterocycles. The quantitative estimate of drug-likeness (QED) is 0.209. The second-order valence-corrected chi connectivity index (χ2v) is 6.83. The number of rotatable bonds is 10.